The molecule has 1 amide bonds. The summed E-state index contributed by atoms with van der Waals surface area (Å²) in [5.74, 6) is 0. The van der Waals surface area contributed by atoms with Gasteiger partial charge in [0.05, 0.1) is 0 Å². The number of hydrogen-bond donors (Lipinski definition) is 1. The SMILES string of the molecule is N#[N+]c1ccccc1NC=O. The van der Waals surface area contributed by atoms with Gasteiger partial charge in [-0.05, 0) is 6.07 Å². The predicted octanol–water partition coefficient (Wildman–Crippen LogP) is 1.74. The van der Waals surface area contributed by atoms with E-state index < -0.39 is 0 Å². The van der Waals surface area contributed by atoms with E-state index in [9.17, 15) is 4.79 Å². The van der Waals surface area contributed by atoms with Gasteiger partial charge in [-0.3, -0.25) is 4.79 Å². The smallest absolute Gasteiger partial charge is 0.322 e. The Morgan fingerprint density at radius 1 is 1.45 bits per heavy atom. The van der Waals surface area contributed by atoms with Gasteiger partial charge < -0.3 is 5.32 Å². The molecule has 4 heteroatoms. The molecule has 0 aliphatic rings. The maximum absolute atomic E-state index is 10.0. The molecule has 1 aromatic carbocycles. The van der Waals surface area contributed by atoms with E-state index in [-0.39, 0.29) is 0 Å². The summed E-state index contributed by atoms with van der Waals surface area (Å²) in [4.78, 5) is 13.0. The van der Waals surface area contributed by atoms with E-state index in [1.807, 2.05) is 0 Å². The van der Waals surface area contributed by atoms with E-state index >= 15 is 0 Å². The molecule has 4 nitrogen and oxygen atoms in total. The van der Waals surface area contributed by atoms with Crippen molar-refractivity contribution in [3.63, 3.8) is 0 Å². The van der Waals surface area contributed by atoms with Gasteiger partial charge in [0.1, 0.15) is 5.69 Å². The summed E-state index contributed by atoms with van der Waals surface area (Å²) in [6.07, 6.45) is 0.532. The lowest BCUT2D eigenvalue weighted by molar-refractivity contribution is -0.105. The average molecular weight is 148 g/mol. The highest BCUT2D eigenvalue weighted by atomic mass is 16.1. The van der Waals surface area contributed by atoms with Gasteiger partial charge in [0.25, 0.3) is 0 Å². The molecule has 0 unspecified atom stereocenters. The summed E-state index contributed by atoms with van der Waals surface area (Å²) >= 11 is 0. The minimum Gasteiger partial charge on any atom is -0.322 e. The molecule has 0 saturated carbocycles. The third-order valence-electron chi connectivity index (χ3n) is 1.23. The number of para-hydroxylation sites is 1. The monoisotopic (exact) mass is 148 g/mol. The number of anilines is 1. The van der Waals surface area contributed by atoms with Crippen LogP contribution in [-0.2, 0) is 4.79 Å². The summed E-state index contributed by atoms with van der Waals surface area (Å²) in [6, 6.07) is 6.68. The Kier molecular flexibility index (Phi) is 2.18. The number of carbonyl (C=O) groups excluding carboxylic acids is 1. The van der Waals surface area contributed by atoms with Gasteiger partial charge in [-0.1, -0.05) is 12.1 Å². The third kappa shape index (κ3) is 1.52. The van der Waals surface area contributed by atoms with Crippen molar-refractivity contribution in [2.24, 2.45) is 0 Å². The second-order valence-electron chi connectivity index (χ2n) is 1.88. The Bertz CT molecular complexity index is 303. The molecule has 0 aliphatic carbocycles. The molecule has 0 aliphatic heterocycles. The summed E-state index contributed by atoms with van der Waals surface area (Å²) in [7, 11) is 0. The highest BCUT2D eigenvalue weighted by Gasteiger charge is 2.09. The number of hydrogen-bond acceptors (Lipinski definition) is 2. The van der Waals surface area contributed by atoms with Crippen LogP contribution in [0.1, 0.15) is 0 Å². The summed E-state index contributed by atoms with van der Waals surface area (Å²) in [5, 5.41) is 10.8. The number of rotatable bonds is 2. The maximum atomic E-state index is 10.0. The number of carbonyl (C=O) groups is 1. The van der Waals surface area contributed by atoms with E-state index in [0.717, 1.165) is 0 Å². The van der Waals surface area contributed by atoms with Crippen molar-refractivity contribution < 1.29 is 4.79 Å². The zero-order chi connectivity index (χ0) is 8.10. The average Bonchev–Trinajstić information content (AvgIpc) is 2.06. The third-order valence-corrected chi connectivity index (χ3v) is 1.23. The Balaban J connectivity index is 3.04. The number of diazo groups is 1. The highest BCUT2D eigenvalue weighted by molar-refractivity contribution is 5.80. The molecule has 0 saturated heterocycles. The normalized spacial score (nSPS) is 8.27. The minimum atomic E-state index is 0.347. The van der Waals surface area contributed by atoms with Gasteiger partial charge >= 0.3 is 5.69 Å². The van der Waals surface area contributed by atoms with Crippen LogP contribution < -0.4 is 5.32 Å². The van der Waals surface area contributed by atoms with Crippen molar-refractivity contribution in [3.05, 3.63) is 29.2 Å². The zero-order valence-corrected chi connectivity index (χ0v) is 5.69. The van der Waals surface area contributed by atoms with Crippen molar-refractivity contribution in [3.8, 4) is 0 Å². The van der Waals surface area contributed by atoms with Crippen LogP contribution in [-0.4, -0.2) is 6.41 Å². The molecule has 0 bridgehead atoms. The van der Waals surface area contributed by atoms with Gasteiger partial charge in [0.2, 0.25) is 11.8 Å². The number of nitrogens with zero attached hydrogens (tertiary/aromatic N) is 2. The van der Waals surface area contributed by atoms with Crippen molar-refractivity contribution in [1.29, 1.82) is 5.39 Å². The lowest BCUT2D eigenvalue weighted by atomic mass is 10.3. The molecule has 0 fully saturated rings. The van der Waals surface area contributed by atoms with Gasteiger partial charge in [0, 0.05) is 6.07 Å². The van der Waals surface area contributed by atoms with Gasteiger partial charge in [-0.2, -0.15) is 0 Å². The number of nitrogens with one attached hydrogen (secondary N) is 1. The summed E-state index contributed by atoms with van der Waals surface area (Å²) in [5.41, 5.74) is 0.838. The zero-order valence-electron chi connectivity index (χ0n) is 5.69. The van der Waals surface area contributed by atoms with Crippen LogP contribution in [0.25, 0.3) is 4.98 Å². The first-order valence-corrected chi connectivity index (χ1v) is 3.03. The predicted molar refractivity (Wildman–Crippen MR) is 40.9 cm³/mol. The Labute approximate surface area is 63.5 Å². The Morgan fingerprint density at radius 2 is 2.18 bits per heavy atom. The fraction of sp³-hybridized carbons (Fsp3) is 0. The van der Waals surface area contributed by atoms with Crippen LogP contribution in [0.2, 0.25) is 0 Å². The van der Waals surface area contributed by atoms with Gasteiger partial charge in [-0.15, -0.1) is 0 Å². The van der Waals surface area contributed by atoms with Crippen LogP contribution in [0.4, 0.5) is 11.4 Å². The first-order chi connectivity index (χ1) is 5.38. The van der Waals surface area contributed by atoms with E-state index in [1.165, 1.54) is 0 Å². The van der Waals surface area contributed by atoms with E-state index in [1.54, 1.807) is 24.3 Å². The van der Waals surface area contributed by atoms with Crippen molar-refractivity contribution in [1.82, 2.24) is 0 Å². The molecule has 0 aromatic heterocycles. The standard InChI is InChI=1S/C7H5N3O/c8-10-7-4-2-1-3-6(7)9-5-11/h1-5H/p+1. The summed E-state index contributed by atoms with van der Waals surface area (Å²) < 4.78 is 0. The maximum Gasteiger partial charge on any atom is 0.408 e. The fourth-order valence-electron chi connectivity index (χ4n) is 0.746. The molecule has 1 rings (SSSR count). The lowest BCUT2D eigenvalue weighted by Crippen LogP contribution is -1.92. The molecule has 0 atom stereocenters. The van der Waals surface area contributed by atoms with Crippen molar-refractivity contribution >= 4 is 17.8 Å². The molecule has 1 aromatic rings. The fourth-order valence-corrected chi connectivity index (χ4v) is 0.746. The second-order valence-corrected chi connectivity index (χ2v) is 1.88. The molecule has 1 N–H and O–H groups in total. The van der Waals surface area contributed by atoms with Gasteiger partial charge in [0.15, 0.2) is 4.98 Å². The molecular weight excluding hydrogens is 142 g/mol. The van der Waals surface area contributed by atoms with E-state index in [2.05, 4.69) is 10.3 Å². The Hall–Kier alpha value is -1.89. The van der Waals surface area contributed by atoms with E-state index in [0.29, 0.717) is 17.8 Å². The number of benzene rings is 1. The molecule has 54 valence electrons. The molecule has 0 heterocycles. The first-order valence-electron chi connectivity index (χ1n) is 3.03. The van der Waals surface area contributed by atoms with E-state index in [4.69, 9.17) is 5.39 Å². The van der Waals surface area contributed by atoms with Crippen LogP contribution in [0.15, 0.2) is 24.3 Å². The van der Waals surface area contributed by atoms with Crippen LogP contribution in [0, 0.1) is 5.39 Å². The van der Waals surface area contributed by atoms with Crippen molar-refractivity contribution in [2.75, 3.05) is 5.32 Å². The number of amides is 1. The largest absolute Gasteiger partial charge is 0.408 e. The van der Waals surface area contributed by atoms with Gasteiger partial charge in [-0.25, -0.2) is 0 Å². The molecular formula is C7H6N3O+. The van der Waals surface area contributed by atoms with Crippen molar-refractivity contribution in [2.45, 2.75) is 0 Å². The van der Waals surface area contributed by atoms with Crippen LogP contribution >= 0.6 is 0 Å². The highest BCUT2D eigenvalue weighted by Crippen LogP contribution is 2.22. The molecule has 11 heavy (non-hydrogen) atoms. The Morgan fingerprint density at radius 3 is 2.82 bits per heavy atom. The second kappa shape index (κ2) is 3.32. The quantitative estimate of drug-likeness (QED) is 0.513. The first kappa shape index (κ1) is 7.22. The van der Waals surface area contributed by atoms with Crippen LogP contribution in [0.3, 0.4) is 0 Å². The molecule has 0 spiro atoms. The lowest BCUT2D eigenvalue weighted by Gasteiger charge is -1.90. The molecule has 0 radical (unpaired) electrons. The topological polar surface area (TPSA) is 57.2 Å². The minimum absolute atomic E-state index is 0.347. The van der Waals surface area contributed by atoms with Crippen LogP contribution in [0.5, 0.6) is 0 Å². The summed E-state index contributed by atoms with van der Waals surface area (Å²) in [6.45, 7) is 0.